The van der Waals surface area contributed by atoms with Gasteiger partial charge in [-0.2, -0.15) is 0 Å². The molecule has 1 aromatic carbocycles. The summed E-state index contributed by atoms with van der Waals surface area (Å²) in [6.07, 6.45) is 3.91. The van der Waals surface area contributed by atoms with Crippen LogP contribution in [-0.2, 0) is 130 Å². The standard InChI is InChI=1S/C87H132N6O29/c1-53(2)78(92-74(97)20-24-105-26-28-107-30-32-109-34-36-111-38-40-113-41-39-112-37-35-110-33-31-108-29-27-106-25-21-77(100)122-93-75(98)17-18-76(93)99)68(96)45-59(8-7-23-89-85(88)102)84(101)91-60-12-9-57(10-13-60)52-114-86(103)90-51-62(95)48-72-80(104-6)66-47-61(94)46-64-14-11-58-44-67-81-73-50-87(120-81,121-83(79(58)117-64)82(67)119-73)22-19-65-43-55(4)69(115-65)16-15-63-42-54(3)56(5)70(116-63)49-71(66)118-72/h9-10,12-13,53-54,58-59,62-67,69-73,78-83,95H,4-5,7-8,11,14-52H2,1-3,6H3,(H,90,103)(H,91,101)(H,92,97)(H3,88,89,102)/t54-,58-,59-,62+,63+,64-,65+,66+,67?,69+,70-,71+,72-,73-,78+,79+,80-,81-,82-,83+,87+/m1/s1. The van der Waals surface area contributed by atoms with Gasteiger partial charge < -0.3 is 122 Å². The van der Waals surface area contributed by atoms with Crippen LogP contribution in [0.3, 0.4) is 0 Å². The van der Waals surface area contributed by atoms with E-state index in [-0.39, 0.29) is 207 Å². The van der Waals surface area contributed by atoms with Crippen LogP contribution in [0.5, 0.6) is 0 Å². The normalized spacial score (nSPS) is 30.1. The molecule has 0 aromatic heterocycles. The highest BCUT2D eigenvalue weighted by Crippen LogP contribution is 2.58. The number of urea groups is 1. The van der Waals surface area contributed by atoms with Crippen molar-refractivity contribution in [2.75, 3.05) is 144 Å². The summed E-state index contributed by atoms with van der Waals surface area (Å²) >= 11 is 0. The Morgan fingerprint density at radius 3 is 1.85 bits per heavy atom. The highest BCUT2D eigenvalue weighted by atomic mass is 16.8. The molecule has 21 atom stereocenters. The summed E-state index contributed by atoms with van der Waals surface area (Å²) in [5.74, 6) is -4.65. The van der Waals surface area contributed by atoms with Crippen LogP contribution in [0.25, 0.3) is 0 Å². The molecule has 10 aliphatic heterocycles. The molecule has 1 aromatic rings. The van der Waals surface area contributed by atoms with Gasteiger partial charge in [-0.3, -0.25) is 28.8 Å². The number of Topliss-reactive ketones (excluding diaryl/α,β-unsaturated/α-hetero) is 2. The number of nitrogens with one attached hydrogen (secondary N) is 4. The highest BCUT2D eigenvalue weighted by molar-refractivity contribution is 6.01. The Hall–Kier alpha value is -6.59. The molecule has 684 valence electrons. The Balaban J connectivity index is 0.539. The molecule has 7 amide bonds. The van der Waals surface area contributed by atoms with Gasteiger partial charge in [0.25, 0.3) is 11.8 Å². The topological polar surface area (TPSA) is 427 Å². The minimum absolute atomic E-state index is 0.000159. The number of nitrogens with zero attached hydrogens (tertiary/aromatic N) is 1. The van der Waals surface area contributed by atoms with E-state index in [0.29, 0.717) is 128 Å². The first kappa shape index (κ1) is 96.1. The maximum atomic E-state index is 14.6. The van der Waals surface area contributed by atoms with Crippen molar-refractivity contribution in [1.29, 1.82) is 0 Å². The van der Waals surface area contributed by atoms with Gasteiger partial charge in [0.1, 0.15) is 18.5 Å². The van der Waals surface area contributed by atoms with Crippen molar-refractivity contribution in [2.24, 2.45) is 41.2 Å². The van der Waals surface area contributed by atoms with Crippen LogP contribution >= 0.6 is 0 Å². The second kappa shape index (κ2) is 48.9. The van der Waals surface area contributed by atoms with Crippen molar-refractivity contribution in [1.82, 2.24) is 21.0 Å². The average Bonchev–Trinajstić information content (AvgIpc) is 1.55. The second-order valence-electron chi connectivity index (χ2n) is 34.0. The predicted octanol–water partition coefficient (Wildman–Crippen LogP) is 5.91. The lowest BCUT2D eigenvalue weighted by molar-refractivity contribution is -0.281. The lowest BCUT2D eigenvalue weighted by atomic mass is 9.70. The van der Waals surface area contributed by atoms with Gasteiger partial charge in [0, 0.05) is 108 Å². The van der Waals surface area contributed by atoms with E-state index in [4.69, 9.17) is 95.8 Å². The molecular formula is C87H132N6O29. The molecule has 35 nitrogen and oxygen atoms in total. The fourth-order valence-electron chi connectivity index (χ4n) is 18.4. The molecule has 35 heteroatoms. The lowest BCUT2D eigenvalue weighted by Gasteiger charge is -2.47. The third-order valence-corrected chi connectivity index (χ3v) is 24.7. The van der Waals surface area contributed by atoms with Gasteiger partial charge in [0.2, 0.25) is 11.8 Å². The van der Waals surface area contributed by atoms with Gasteiger partial charge in [0.15, 0.2) is 11.6 Å². The number of nitrogens with two attached hydrogens (primary N) is 1. The van der Waals surface area contributed by atoms with E-state index in [9.17, 15) is 48.3 Å². The number of amides is 7. The van der Waals surface area contributed by atoms with E-state index in [1.54, 1.807) is 45.2 Å². The molecule has 11 fully saturated rings. The summed E-state index contributed by atoms with van der Waals surface area (Å²) in [5.41, 5.74) is 8.37. The van der Waals surface area contributed by atoms with Crippen molar-refractivity contribution in [3.05, 3.63) is 54.1 Å². The quantitative estimate of drug-likeness (QED) is 0.0251. The third-order valence-electron chi connectivity index (χ3n) is 24.7. The Morgan fingerprint density at radius 2 is 1.23 bits per heavy atom. The number of carbonyl (C=O) groups excluding carboxylic acids is 9. The van der Waals surface area contributed by atoms with E-state index in [0.717, 1.165) is 62.5 Å². The van der Waals surface area contributed by atoms with Gasteiger partial charge in [-0.1, -0.05) is 46.1 Å². The second-order valence-corrected chi connectivity index (χ2v) is 34.0. The van der Waals surface area contributed by atoms with E-state index in [2.05, 4.69) is 41.3 Å². The van der Waals surface area contributed by atoms with E-state index in [1.165, 1.54) is 0 Å². The maximum Gasteiger partial charge on any atom is 0.407 e. The van der Waals surface area contributed by atoms with Crippen molar-refractivity contribution in [2.45, 2.75) is 259 Å². The summed E-state index contributed by atoms with van der Waals surface area (Å²) in [6, 6.07) is 4.98. The van der Waals surface area contributed by atoms with Gasteiger partial charge in [-0.15, -0.1) is 5.06 Å². The number of aliphatic hydroxyl groups excluding tert-OH is 1. The number of aliphatic hydroxyl groups is 1. The molecule has 1 aliphatic carbocycles. The minimum atomic E-state index is -1.10. The number of ether oxygens (including phenoxy) is 18. The predicted molar refractivity (Wildman–Crippen MR) is 434 cm³/mol. The molecule has 12 rings (SSSR count). The van der Waals surface area contributed by atoms with Gasteiger partial charge in [-0.25, -0.2) is 14.4 Å². The van der Waals surface area contributed by atoms with Crippen LogP contribution in [0.15, 0.2) is 48.6 Å². The average molecular weight is 1730 g/mol. The Morgan fingerprint density at radius 1 is 0.631 bits per heavy atom. The molecule has 1 unspecified atom stereocenters. The van der Waals surface area contributed by atoms with E-state index >= 15 is 0 Å². The number of alkyl carbamates (subject to hydrolysis) is 1. The SMILES string of the molecule is C=C1C[C@@H]2CC[C@@]34C[C@H]5O[C@@H]6C(C[C@H]7CC[C@H](CC(=O)C[C@@H]8[C@@H](OC)[C@@H](C[C@H](O)CNC(=O)OCc9ccc(NC(=O)[C@H](CCCNC(N)=O)CC(=O)[C@@H](NC(=O)CCOCCOCCOCCOCCOCCOCCOCCOCCOCCC(=O)ON%10C(=O)CCC%10=O)C(C)C)cc9)O[C@H]8C[C@H]8O[C@@H](CC[C@@H]1O2)C[C@@H](C)C8=C)O[C@@H]7[C@@H]6O3)[C@H]5O4. The molecule has 11 aliphatic rings. The van der Waals surface area contributed by atoms with Crippen LogP contribution in [0.2, 0.25) is 0 Å². The molecule has 10 saturated heterocycles. The third kappa shape index (κ3) is 29.0. The highest BCUT2D eigenvalue weighted by Gasteiger charge is 2.68. The summed E-state index contributed by atoms with van der Waals surface area (Å²) in [7, 11) is 1.60. The molecule has 7 N–H and O–H groups in total. The van der Waals surface area contributed by atoms with Crippen molar-refractivity contribution in [3.8, 4) is 0 Å². The molecular weight excluding hydrogens is 1590 g/mol. The molecule has 12 bridgehead atoms. The van der Waals surface area contributed by atoms with Crippen molar-refractivity contribution >= 4 is 59.0 Å². The summed E-state index contributed by atoms with van der Waals surface area (Å²) in [5, 5.41) is 23.0. The van der Waals surface area contributed by atoms with Gasteiger partial charge >= 0.3 is 18.1 Å². The van der Waals surface area contributed by atoms with Crippen LogP contribution in [0, 0.1) is 35.5 Å². The number of carbonyl (C=O) groups is 9. The number of anilines is 1. The molecule has 0 radical (unpaired) electrons. The van der Waals surface area contributed by atoms with E-state index in [1.807, 2.05) is 0 Å². The number of hydrogen-bond donors (Lipinski definition) is 6. The zero-order valence-electron chi connectivity index (χ0n) is 71.4. The number of hydrogen-bond acceptors (Lipinski definition) is 29. The monoisotopic (exact) mass is 1720 g/mol. The first-order valence-electron chi connectivity index (χ1n) is 44.1. The molecule has 1 spiro atoms. The minimum Gasteiger partial charge on any atom is -0.445 e. The zero-order chi connectivity index (χ0) is 86.5. The number of ketones is 2. The smallest absolute Gasteiger partial charge is 0.407 e. The van der Waals surface area contributed by atoms with E-state index < -0.39 is 89.8 Å². The van der Waals surface area contributed by atoms with Crippen LogP contribution in [0.1, 0.15) is 161 Å². The van der Waals surface area contributed by atoms with Crippen LogP contribution in [0.4, 0.5) is 15.3 Å². The zero-order valence-corrected chi connectivity index (χ0v) is 71.4. The number of rotatable bonds is 49. The number of primary amides is 1. The van der Waals surface area contributed by atoms with Crippen LogP contribution in [-0.4, -0.2) is 300 Å². The molecule has 10 heterocycles. The number of fused-ring (bicyclic) bond motifs is 6. The van der Waals surface area contributed by atoms with Gasteiger partial charge in [0.05, 0.1) is 211 Å². The van der Waals surface area contributed by atoms with Crippen molar-refractivity contribution in [3.63, 3.8) is 0 Å². The Kier molecular flexibility index (Phi) is 38.5. The molecule has 1 saturated carbocycles. The fraction of sp³-hybridized carbons (Fsp3) is 0.782. The lowest BCUT2D eigenvalue weighted by Crippen LogP contribution is -2.56. The number of methoxy groups -OCH3 is 1. The first-order chi connectivity index (χ1) is 59.0. The first-order valence-corrected chi connectivity index (χ1v) is 44.1. The number of hydroxylamine groups is 2. The largest absolute Gasteiger partial charge is 0.445 e. The summed E-state index contributed by atoms with van der Waals surface area (Å²) in [4.78, 5) is 120. The summed E-state index contributed by atoms with van der Waals surface area (Å²) in [6.45, 7) is 20.3. The molecule has 122 heavy (non-hydrogen) atoms. The van der Waals surface area contributed by atoms with Crippen LogP contribution < -0.4 is 27.0 Å². The Bertz CT molecular complexity index is 3540. The number of imide groups is 1. The summed E-state index contributed by atoms with van der Waals surface area (Å²) < 4.78 is 110. The Labute approximate surface area is 714 Å². The fourth-order valence-corrected chi connectivity index (χ4v) is 18.4. The van der Waals surface area contributed by atoms with Gasteiger partial charge in [-0.05, 0) is 111 Å². The number of benzene rings is 1. The maximum absolute atomic E-state index is 14.6. The van der Waals surface area contributed by atoms with Crippen molar-refractivity contribution < 1.29 is 138 Å².